The monoisotopic (exact) mass is 434 g/mol. The van der Waals surface area contributed by atoms with Crippen molar-refractivity contribution < 1.29 is 9.53 Å². The molecular formula is C15H10BrCl3N2O2. The molecule has 2 aromatic rings. The molecule has 2 aromatic carbocycles. The van der Waals surface area contributed by atoms with Crippen LogP contribution in [0.4, 0.5) is 0 Å². The molecule has 0 spiro atoms. The fraction of sp³-hybridized carbons (Fsp3) is 0.0667. The minimum Gasteiger partial charge on any atom is -0.483 e. The Morgan fingerprint density at radius 2 is 1.87 bits per heavy atom. The number of nitrogens with one attached hydrogen (secondary N) is 1. The summed E-state index contributed by atoms with van der Waals surface area (Å²) in [5, 5.41) is 5.35. The van der Waals surface area contributed by atoms with Gasteiger partial charge in [0.25, 0.3) is 5.91 Å². The number of hydrazone groups is 1. The summed E-state index contributed by atoms with van der Waals surface area (Å²) in [5.74, 6) is 0.0995. The van der Waals surface area contributed by atoms with E-state index < -0.39 is 5.91 Å². The molecule has 0 aliphatic carbocycles. The Labute approximate surface area is 156 Å². The van der Waals surface area contributed by atoms with Crippen molar-refractivity contribution in [2.75, 3.05) is 6.61 Å². The second-order valence-corrected chi connectivity index (χ2v) is 6.46. The first-order chi connectivity index (χ1) is 11.0. The van der Waals surface area contributed by atoms with Gasteiger partial charge in [-0.3, -0.25) is 4.79 Å². The SMILES string of the molecule is O=C(COc1ccc(Cl)cc1Br)N/N=C\c1ccc(Cl)cc1Cl. The van der Waals surface area contributed by atoms with E-state index >= 15 is 0 Å². The van der Waals surface area contributed by atoms with Crippen molar-refractivity contribution in [2.24, 2.45) is 5.10 Å². The van der Waals surface area contributed by atoms with Gasteiger partial charge >= 0.3 is 0 Å². The third kappa shape index (κ3) is 5.70. The van der Waals surface area contributed by atoms with Crippen LogP contribution in [0.15, 0.2) is 46.0 Å². The van der Waals surface area contributed by atoms with Crippen LogP contribution in [-0.2, 0) is 4.79 Å². The van der Waals surface area contributed by atoms with Crippen LogP contribution < -0.4 is 10.2 Å². The molecular weight excluding hydrogens is 426 g/mol. The van der Waals surface area contributed by atoms with Crippen LogP contribution in [0.3, 0.4) is 0 Å². The number of benzene rings is 2. The van der Waals surface area contributed by atoms with E-state index in [2.05, 4.69) is 26.5 Å². The Morgan fingerprint density at radius 3 is 2.57 bits per heavy atom. The summed E-state index contributed by atoms with van der Waals surface area (Å²) in [6.07, 6.45) is 1.43. The van der Waals surface area contributed by atoms with Crippen molar-refractivity contribution >= 4 is 62.9 Å². The predicted octanol–water partition coefficient (Wildman–Crippen LogP) is 4.94. The van der Waals surface area contributed by atoms with E-state index in [1.54, 1.807) is 36.4 Å². The van der Waals surface area contributed by atoms with Crippen LogP contribution in [-0.4, -0.2) is 18.7 Å². The predicted molar refractivity (Wildman–Crippen MR) is 96.8 cm³/mol. The van der Waals surface area contributed by atoms with Crippen LogP contribution in [0.1, 0.15) is 5.56 Å². The summed E-state index contributed by atoms with van der Waals surface area (Å²) in [7, 11) is 0. The average Bonchev–Trinajstić information content (AvgIpc) is 2.48. The first-order valence-electron chi connectivity index (χ1n) is 6.30. The lowest BCUT2D eigenvalue weighted by Crippen LogP contribution is -2.24. The Hall–Kier alpha value is -1.27. The molecule has 0 saturated carbocycles. The number of hydrogen-bond donors (Lipinski definition) is 1. The molecule has 0 bridgehead atoms. The van der Waals surface area contributed by atoms with Crippen molar-refractivity contribution in [3.8, 4) is 5.75 Å². The van der Waals surface area contributed by atoms with Crippen molar-refractivity contribution in [3.05, 3.63) is 61.5 Å². The smallest absolute Gasteiger partial charge is 0.277 e. The van der Waals surface area contributed by atoms with E-state index in [4.69, 9.17) is 39.5 Å². The van der Waals surface area contributed by atoms with E-state index in [1.807, 2.05) is 0 Å². The third-order valence-electron chi connectivity index (χ3n) is 2.61. The van der Waals surface area contributed by atoms with Crippen LogP contribution in [0.5, 0.6) is 5.75 Å². The van der Waals surface area contributed by atoms with Gasteiger partial charge in [0.1, 0.15) is 5.75 Å². The van der Waals surface area contributed by atoms with Gasteiger partial charge in [0.05, 0.1) is 15.7 Å². The number of amides is 1. The highest BCUT2D eigenvalue weighted by Crippen LogP contribution is 2.27. The van der Waals surface area contributed by atoms with Crippen LogP contribution in [0.2, 0.25) is 15.1 Å². The average molecular weight is 437 g/mol. The molecule has 0 heterocycles. The maximum absolute atomic E-state index is 11.7. The van der Waals surface area contributed by atoms with E-state index in [-0.39, 0.29) is 6.61 Å². The topological polar surface area (TPSA) is 50.7 Å². The number of halogens is 4. The highest BCUT2D eigenvalue weighted by molar-refractivity contribution is 9.10. The molecule has 0 unspecified atom stereocenters. The number of carbonyl (C=O) groups is 1. The molecule has 4 nitrogen and oxygen atoms in total. The van der Waals surface area contributed by atoms with Gasteiger partial charge in [0, 0.05) is 15.6 Å². The normalized spacial score (nSPS) is 10.8. The summed E-state index contributed by atoms with van der Waals surface area (Å²) in [5.41, 5.74) is 2.98. The minimum atomic E-state index is -0.409. The van der Waals surface area contributed by atoms with Gasteiger partial charge < -0.3 is 4.74 Å². The van der Waals surface area contributed by atoms with E-state index in [0.29, 0.717) is 30.9 Å². The Morgan fingerprint density at radius 1 is 1.17 bits per heavy atom. The van der Waals surface area contributed by atoms with E-state index in [9.17, 15) is 4.79 Å². The summed E-state index contributed by atoms with van der Waals surface area (Å²) in [6, 6.07) is 9.97. The van der Waals surface area contributed by atoms with Gasteiger partial charge in [-0.1, -0.05) is 40.9 Å². The molecule has 23 heavy (non-hydrogen) atoms. The van der Waals surface area contributed by atoms with Gasteiger partial charge in [-0.25, -0.2) is 5.43 Å². The molecule has 0 aliphatic rings. The molecule has 0 radical (unpaired) electrons. The molecule has 2 rings (SSSR count). The molecule has 1 amide bonds. The molecule has 0 saturated heterocycles. The highest BCUT2D eigenvalue weighted by atomic mass is 79.9. The zero-order valence-corrected chi connectivity index (χ0v) is 15.4. The lowest BCUT2D eigenvalue weighted by atomic mass is 10.2. The van der Waals surface area contributed by atoms with Crippen LogP contribution >= 0.6 is 50.7 Å². The van der Waals surface area contributed by atoms with Crippen molar-refractivity contribution in [1.29, 1.82) is 0 Å². The summed E-state index contributed by atoms with van der Waals surface area (Å²) in [6.45, 7) is -0.189. The lowest BCUT2D eigenvalue weighted by Gasteiger charge is -2.07. The molecule has 8 heteroatoms. The Kier molecular flexibility index (Phi) is 6.72. The number of rotatable bonds is 5. The zero-order valence-electron chi connectivity index (χ0n) is 11.5. The second kappa shape index (κ2) is 8.55. The molecule has 0 aliphatic heterocycles. The number of nitrogens with zero attached hydrogens (tertiary/aromatic N) is 1. The fourth-order valence-electron chi connectivity index (χ4n) is 1.55. The maximum Gasteiger partial charge on any atom is 0.277 e. The first kappa shape index (κ1) is 18.1. The Bertz CT molecular complexity index is 753. The fourth-order valence-corrected chi connectivity index (χ4v) is 2.80. The van der Waals surface area contributed by atoms with Gasteiger partial charge in [-0.2, -0.15) is 5.10 Å². The zero-order chi connectivity index (χ0) is 16.8. The first-order valence-corrected chi connectivity index (χ1v) is 8.23. The van der Waals surface area contributed by atoms with E-state index in [0.717, 1.165) is 0 Å². The van der Waals surface area contributed by atoms with E-state index in [1.165, 1.54) is 6.21 Å². The van der Waals surface area contributed by atoms with Gasteiger partial charge in [0.15, 0.2) is 6.61 Å². The second-order valence-electron chi connectivity index (χ2n) is 4.32. The standard InChI is InChI=1S/C15H10BrCl3N2O2/c16-12-5-10(17)3-4-14(12)23-8-15(22)21-20-7-9-1-2-11(18)6-13(9)19/h1-7H,8H2,(H,21,22)/b20-7-. The summed E-state index contributed by atoms with van der Waals surface area (Å²) < 4.78 is 6.02. The number of hydrogen-bond acceptors (Lipinski definition) is 3. The summed E-state index contributed by atoms with van der Waals surface area (Å²) >= 11 is 20.9. The van der Waals surface area contributed by atoms with Crippen molar-refractivity contribution in [3.63, 3.8) is 0 Å². The maximum atomic E-state index is 11.7. The quantitative estimate of drug-likeness (QED) is 0.533. The molecule has 1 N–H and O–H groups in total. The Balaban J connectivity index is 1.86. The number of ether oxygens (including phenoxy) is 1. The van der Waals surface area contributed by atoms with Gasteiger partial charge in [-0.05, 0) is 46.3 Å². The highest BCUT2D eigenvalue weighted by Gasteiger charge is 2.05. The van der Waals surface area contributed by atoms with Gasteiger partial charge in [0.2, 0.25) is 0 Å². The molecule has 0 fully saturated rings. The third-order valence-corrected chi connectivity index (χ3v) is 4.03. The molecule has 0 aromatic heterocycles. The number of carbonyl (C=O) groups excluding carboxylic acids is 1. The van der Waals surface area contributed by atoms with Crippen LogP contribution in [0, 0.1) is 0 Å². The lowest BCUT2D eigenvalue weighted by molar-refractivity contribution is -0.123. The van der Waals surface area contributed by atoms with Crippen LogP contribution in [0.25, 0.3) is 0 Å². The largest absolute Gasteiger partial charge is 0.483 e. The van der Waals surface area contributed by atoms with Crippen molar-refractivity contribution in [2.45, 2.75) is 0 Å². The molecule has 0 atom stereocenters. The minimum absolute atomic E-state index is 0.189. The van der Waals surface area contributed by atoms with Crippen molar-refractivity contribution in [1.82, 2.24) is 5.43 Å². The molecule has 120 valence electrons. The summed E-state index contributed by atoms with van der Waals surface area (Å²) in [4.78, 5) is 11.7. The van der Waals surface area contributed by atoms with Gasteiger partial charge in [-0.15, -0.1) is 0 Å².